The van der Waals surface area contributed by atoms with E-state index in [4.69, 9.17) is 11.6 Å². The van der Waals surface area contributed by atoms with Crippen molar-refractivity contribution < 1.29 is 27.1 Å². The van der Waals surface area contributed by atoms with Crippen molar-refractivity contribution in [1.29, 1.82) is 0 Å². The molecule has 10 heteroatoms. The normalized spacial score (nSPS) is 11.5. The lowest BCUT2D eigenvalue weighted by molar-refractivity contribution is -0.274. The van der Waals surface area contributed by atoms with Crippen LogP contribution in [0.5, 0.6) is 5.75 Å². The molecule has 1 aromatic heterocycles. The molecule has 4 nitrogen and oxygen atoms in total. The van der Waals surface area contributed by atoms with E-state index in [1.165, 1.54) is 34.4 Å². The average molecular weight is 467 g/mol. The predicted molar refractivity (Wildman–Crippen MR) is 111 cm³/mol. The van der Waals surface area contributed by atoms with Crippen LogP contribution in [0.3, 0.4) is 0 Å². The van der Waals surface area contributed by atoms with E-state index >= 15 is 0 Å². The first-order valence-corrected chi connectivity index (χ1v) is 9.91. The van der Waals surface area contributed by atoms with Gasteiger partial charge in [0.2, 0.25) is 0 Å². The van der Waals surface area contributed by atoms with Gasteiger partial charge < -0.3 is 4.74 Å². The standard InChI is InChI=1S/C21H11ClF4N2O2S/c22-16-11-12(23)5-10-15(16)19(29)28(20-27-17-3-1-2-4-18(17)31-20)13-6-8-14(9-7-13)30-21(24,25)26/h1-11H. The molecule has 158 valence electrons. The number of hydrogen-bond acceptors (Lipinski definition) is 4. The summed E-state index contributed by atoms with van der Waals surface area (Å²) >= 11 is 7.28. The molecule has 0 radical (unpaired) electrons. The maximum absolute atomic E-state index is 13.5. The second-order valence-corrected chi connectivity index (χ2v) is 7.69. The third-order valence-corrected chi connectivity index (χ3v) is 5.50. The Bertz CT molecular complexity index is 1230. The molecule has 0 aliphatic heterocycles. The Morgan fingerprint density at radius 3 is 2.39 bits per heavy atom. The molecule has 0 saturated heterocycles. The summed E-state index contributed by atoms with van der Waals surface area (Å²) in [7, 11) is 0. The molecular formula is C21H11ClF4N2O2S. The summed E-state index contributed by atoms with van der Waals surface area (Å²) in [5, 5.41) is 0.171. The Labute approximate surface area is 182 Å². The molecule has 0 atom stereocenters. The highest BCUT2D eigenvalue weighted by atomic mass is 35.5. The largest absolute Gasteiger partial charge is 0.573 e. The van der Waals surface area contributed by atoms with Gasteiger partial charge in [-0.3, -0.25) is 9.69 Å². The summed E-state index contributed by atoms with van der Waals surface area (Å²) in [5.41, 5.74) is 0.888. The zero-order chi connectivity index (χ0) is 22.2. The minimum absolute atomic E-state index is 0.0120. The van der Waals surface area contributed by atoms with E-state index in [1.807, 2.05) is 12.1 Å². The molecule has 1 heterocycles. The Morgan fingerprint density at radius 2 is 1.74 bits per heavy atom. The summed E-state index contributed by atoms with van der Waals surface area (Å²) in [5.74, 6) is -1.66. The number of carbonyl (C=O) groups excluding carboxylic acids is 1. The van der Waals surface area contributed by atoms with E-state index < -0.39 is 23.8 Å². The molecule has 4 aromatic rings. The van der Waals surface area contributed by atoms with E-state index in [-0.39, 0.29) is 21.4 Å². The van der Waals surface area contributed by atoms with E-state index in [9.17, 15) is 22.4 Å². The summed E-state index contributed by atoms with van der Waals surface area (Å²) in [6, 6.07) is 15.3. The van der Waals surface area contributed by atoms with E-state index in [0.717, 1.165) is 29.0 Å². The molecule has 0 aliphatic carbocycles. The monoisotopic (exact) mass is 466 g/mol. The molecule has 0 unspecified atom stereocenters. The van der Waals surface area contributed by atoms with Crippen LogP contribution in [0.2, 0.25) is 5.02 Å². The van der Waals surface area contributed by atoms with Gasteiger partial charge in [0.05, 0.1) is 26.5 Å². The number of amides is 1. The third-order valence-electron chi connectivity index (χ3n) is 4.17. The van der Waals surface area contributed by atoms with Gasteiger partial charge in [-0.25, -0.2) is 9.37 Å². The first kappa shape index (κ1) is 21.1. The lowest BCUT2D eigenvalue weighted by atomic mass is 10.1. The zero-order valence-electron chi connectivity index (χ0n) is 15.4. The van der Waals surface area contributed by atoms with Crippen molar-refractivity contribution in [3.05, 3.63) is 83.1 Å². The molecular weight excluding hydrogens is 456 g/mol. The van der Waals surface area contributed by atoms with Crippen LogP contribution in [0.25, 0.3) is 10.2 Å². The van der Waals surface area contributed by atoms with Gasteiger partial charge in [0.1, 0.15) is 11.6 Å². The number of benzene rings is 3. The summed E-state index contributed by atoms with van der Waals surface area (Å²) in [6.07, 6.45) is -4.84. The van der Waals surface area contributed by atoms with Gasteiger partial charge in [0.15, 0.2) is 5.13 Å². The van der Waals surface area contributed by atoms with Crippen LogP contribution in [0.15, 0.2) is 66.7 Å². The number of rotatable bonds is 4. The lowest BCUT2D eigenvalue weighted by Gasteiger charge is -2.21. The maximum atomic E-state index is 13.5. The second kappa shape index (κ2) is 8.16. The number of hydrogen-bond donors (Lipinski definition) is 0. The number of fused-ring (bicyclic) bond motifs is 1. The van der Waals surface area contributed by atoms with Gasteiger partial charge in [-0.1, -0.05) is 35.1 Å². The number of nitrogens with zero attached hydrogens (tertiary/aromatic N) is 2. The Kier molecular flexibility index (Phi) is 5.55. The molecule has 1 amide bonds. The van der Waals surface area contributed by atoms with E-state index in [1.54, 1.807) is 12.1 Å². The minimum atomic E-state index is -4.84. The fraction of sp³-hybridized carbons (Fsp3) is 0.0476. The van der Waals surface area contributed by atoms with E-state index in [0.29, 0.717) is 5.52 Å². The fourth-order valence-corrected chi connectivity index (χ4v) is 4.08. The molecule has 0 aliphatic rings. The number of para-hydroxylation sites is 1. The quantitative estimate of drug-likeness (QED) is 0.305. The predicted octanol–water partition coefficient (Wildman–Crippen LogP) is 6.97. The first-order chi connectivity index (χ1) is 14.7. The van der Waals surface area contributed by atoms with Crippen molar-refractivity contribution in [2.45, 2.75) is 6.36 Å². The number of halogens is 5. The molecule has 0 saturated carbocycles. The van der Waals surface area contributed by atoms with Crippen LogP contribution in [0.1, 0.15) is 10.4 Å². The number of thiazole rings is 1. The van der Waals surface area contributed by atoms with Crippen molar-refractivity contribution in [3.8, 4) is 5.75 Å². The minimum Gasteiger partial charge on any atom is -0.406 e. The van der Waals surface area contributed by atoms with Crippen molar-refractivity contribution in [2.75, 3.05) is 4.90 Å². The van der Waals surface area contributed by atoms with Crippen molar-refractivity contribution >= 4 is 49.9 Å². The Hall–Kier alpha value is -3.17. The van der Waals surface area contributed by atoms with Crippen LogP contribution in [-0.2, 0) is 0 Å². The molecule has 0 fully saturated rings. The van der Waals surface area contributed by atoms with Gasteiger partial charge in [0.25, 0.3) is 5.91 Å². The van der Waals surface area contributed by atoms with Gasteiger partial charge >= 0.3 is 6.36 Å². The smallest absolute Gasteiger partial charge is 0.406 e. The van der Waals surface area contributed by atoms with Crippen LogP contribution in [0.4, 0.5) is 28.4 Å². The van der Waals surface area contributed by atoms with Crippen molar-refractivity contribution in [3.63, 3.8) is 0 Å². The van der Waals surface area contributed by atoms with Gasteiger partial charge in [-0.05, 0) is 54.6 Å². The van der Waals surface area contributed by atoms with Gasteiger partial charge in [0, 0.05) is 0 Å². The highest BCUT2D eigenvalue weighted by molar-refractivity contribution is 7.22. The number of anilines is 2. The number of carbonyl (C=O) groups is 1. The molecule has 31 heavy (non-hydrogen) atoms. The van der Waals surface area contributed by atoms with Crippen LogP contribution < -0.4 is 9.64 Å². The molecule has 0 bridgehead atoms. The lowest BCUT2D eigenvalue weighted by Crippen LogP contribution is -2.26. The first-order valence-electron chi connectivity index (χ1n) is 8.72. The third kappa shape index (κ3) is 4.62. The highest BCUT2D eigenvalue weighted by Crippen LogP contribution is 2.36. The second-order valence-electron chi connectivity index (χ2n) is 6.27. The summed E-state index contributed by atoms with van der Waals surface area (Å²) < 4.78 is 55.6. The van der Waals surface area contributed by atoms with Gasteiger partial charge in [-0.15, -0.1) is 13.2 Å². The van der Waals surface area contributed by atoms with Crippen LogP contribution in [0, 0.1) is 5.82 Å². The fourth-order valence-electron chi connectivity index (χ4n) is 2.85. The number of aromatic nitrogens is 1. The summed E-state index contributed by atoms with van der Waals surface area (Å²) in [4.78, 5) is 19.0. The van der Waals surface area contributed by atoms with Crippen molar-refractivity contribution in [1.82, 2.24) is 4.98 Å². The van der Waals surface area contributed by atoms with Crippen LogP contribution >= 0.6 is 22.9 Å². The van der Waals surface area contributed by atoms with E-state index in [2.05, 4.69) is 9.72 Å². The summed E-state index contributed by atoms with van der Waals surface area (Å²) in [6.45, 7) is 0. The van der Waals surface area contributed by atoms with Gasteiger partial charge in [-0.2, -0.15) is 0 Å². The molecule has 3 aromatic carbocycles. The van der Waals surface area contributed by atoms with Crippen LogP contribution in [-0.4, -0.2) is 17.3 Å². The molecule has 4 rings (SSSR count). The highest BCUT2D eigenvalue weighted by Gasteiger charge is 2.31. The average Bonchev–Trinajstić information content (AvgIpc) is 3.11. The number of alkyl halides is 3. The topological polar surface area (TPSA) is 42.4 Å². The number of ether oxygens (including phenoxy) is 1. The Morgan fingerprint density at radius 1 is 1.03 bits per heavy atom. The molecule has 0 N–H and O–H groups in total. The SMILES string of the molecule is O=C(c1ccc(F)cc1Cl)N(c1ccc(OC(F)(F)F)cc1)c1nc2ccccc2s1. The Balaban J connectivity index is 1.80. The van der Waals surface area contributed by atoms with Crippen molar-refractivity contribution in [2.24, 2.45) is 0 Å². The zero-order valence-corrected chi connectivity index (χ0v) is 16.9. The molecule has 0 spiro atoms. The maximum Gasteiger partial charge on any atom is 0.573 e.